The molecule has 4 nitrogen and oxygen atoms in total. The molecule has 0 aromatic carbocycles. The van der Waals surface area contributed by atoms with Gasteiger partial charge in [0, 0.05) is 13.2 Å². The van der Waals surface area contributed by atoms with Gasteiger partial charge in [0.15, 0.2) is 0 Å². The Morgan fingerprint density at radius 1 is 1.06 bits per heavy atom. The van der Waals surface area contributed by atoms with Gasteiger partial charge in [-0.1, -0.05) is 13.8 Å². The van der Waals surface area contributed by atoms with Gasteiger partial charge < -0.3 is 19.5 Å². The van der Waals surface area contributed by atoms with Crippen molar-refractivity contribution in [2.24, 2.45) is 0 Å². The molecule has 17 heavy (non-hydrogen) atoms. The summed E-state index contributed by atoms with van der Waals surface area (Å²) in [5.74, 6) is 0. The van der Waals surface area contributed by atoms with Crippen LogP contribution in [-0.4, -0.2) is 51.7 Å². The molecule has 1 saturated heterocycles. The lowest BCUT2D eigenvalue weighted by molar-refractivity contribution is -0.0282. The van der Waals surface area contributed by atoms with Gasteiger partial charge in [0.1, 0.15) is 0 Å². The highest BCUT2D eigenvalue weighted by molar-refractivity contribution is 4.74. The Hall–Kier alpha value is -0.160. The molecule has 0 radical (unpaired) electrons. The standard InChI is InChI=1S/C13H27NO3/c1-3-7-15-8-9-16-11-13-6-5-12(17-13)10-14-4-2/h12-14H,3-11H2,1-2H3. The van der Waals surface area contributed by atoms with Crippen molar-refractivity contribution in [3.05, 3.63) is 0 Å². The van der Waals surface area contributed by atoms with Gasteiger partial charge in [-0.05, 0) is 25.8 Å². The highest BCUT2D eigenvalue weighted by atomic mass is 16.6. The van der Waals surface area contributed by atoms with Crippen LogP contribution in [0.2, 0.25) is 0 Å². The molecule has 0 saturated carbocycles. The van der Waals surface area contributed by atoms with E-state index >= 15 is 0 Å². The van der Waals surface area contributed by atoms with Crippen molar-refractivity contribution < 1.29 is 14.2 Å². The highest BCUT2D eigenvalue weighted by Gasteiger charge is 2.24. The lowest BCUT2D eigenvalue weighted by Crippen LogP contribution is -2.27. The number of hydrogen-bond donors (Lipinski definition) is 1. The first-order chi connectivity index (χ1) is 8.36. The Morgan fingerprint density at radius 2 is 1.82 bits per heavy atom. The summed E-state index contributed by atoms with van der Waals surface area (Å²) in [6, 6.07) is 0. The highest BCUT2D eigenvalue weighted by Crippen LogP contribution is 2.19. The molecule has 0 aliphatic carbocycles. The summed E-state index contributed by atoms with van der Waals surface area (Å²) >= 11 is 0. The van der Waals surface area contributed by atoms with Crippen molar-refractivity contribution in [1.29, 1.82) is 0 Å². The second-order valence-electron chi connectivity index (χ2n) is 4.45. The average Bonchev–Trinajstić information content (AvgIpc) is 2.79. The van der Waals surface area contributed by atoms with Gasteiger partial charge in [-0.25, -0.2) is 0 Å². The van der Waals surface area contributed by atoms with Gasteiger partial charge >= 0.3 is 0 Å². The molecule has 1 fully saturated rings. The summed E-state index contributed by atoms with van der Waals surface area (Å²) in [7, 11) is 0. The maximum atomic E-state index is 5.86. The largest absolute Gasteiger partial charge is 0.379 e. The van der Waals surface area contributed by atoms with Crippen molar-refractivity contribution in [2.75, 3.05) is 39.5 Å². The van der Waals surface area contributed by atoms with Crippen molar-refractivity contribution in [2.45, 2.75) is 45.3 Å². The normalized spacial score (nSPS) is 24.4. The zero-order valence-corrected chi connectivity index (χ0v) is 11.2. The predicted octanol–water partition coefficient (Wildman–Crippen LogP) is 1.59. The second-order valence-corrected chi connectivity index (χ2v) is 4.45. The van der Waals surface area contributed by atoms with Crippen LogP contribution in [0.25, 0.3) is 0 Å². The van der Waals surface area contributed by atoms with E-state index in [0.717, 1.165) is 39.0 Å². The third kappa shape index (κ3) is 6.99. The summed E-state index contributed by atoms with van der Waals surface area (Å²) in [6.45, 7) is 9.11. The smallest absolute Gasteiger partial charge is 0.0813 e. The quantitative estimate of drug-likeness (QED) is 0.593. The third-order valence-corrected chi connectivity index (χ3v) is 2.84. The summed E-state index contributed by atoms with van der Waals surface area (Å²) in [6.07, 6.45) is 3.99. The van der Waals surface area contributed by atoms with E-state index in [1.807, 2.05) is 0 Å². The maximum Gasteiger partial charge on any atom is 0.0813 e. The molecule has 1 rings (SSSR count). The molecule has 0 spiro atoms. The monoisotopic (exact) mass is 245 g/mol. The van der Waals surface area contributed by atoms with Crippen LogP contribution in [0.15, 0.2) is 0 Å². The van der Waals surface area contributed by atoms with Gasteiger partial charge in [0.25, 0.3) is 0 Å². The molecule has 1 aliphatic heterocycles. The Balaban J connectivity index is 1.91. The van der Waals surface area contributed by atoms with E-state index in [4.69, 9.17) is 14.2 Å². The number of hydrogen-bond acceptors (Lipinski definition) is 4. The molecule has 2 unspecified atom stereocenters. The fourth-order valence-corrected chi connectivity index (χ4v) is 1.94. The number of rotatable bonds is 10. The van der Waals surface area contributed by atoms with Crippen LogP contribution in [0.1, 0.15) is 33.1 Å². The summed E-state index contributed by atoms with van der Waals surface area (Å²) < 4.78 is 16.8. The molecule has 0 bridgehead atoms. The summed E-state index contributed by atoms with van der Waals surface area (Å²) in [5, 5.41) is 3.32. The van der Waals surface area contributed by atoms with Crippen molar-refractivity contribution in [3.8, 4) is 0 Å². The van der Waals surface area contributed by atoms with Crippen molar-refractivity contribution in [1.82, 2.24) is 5.32 Å². The molecular formula is C13H27NO3. The first-order valence-corrected chi connectivity index (χ1v) is 6.88. The van der Waals surface area contributed by atoms with Crippen LogP contribution in [0.4, 0.5) is 0 Å². The van der Waals surface area contributed by atoms with E-state index in [-0.39, 0.29) is 6.10 Å². The number of ether oxygens (including phenoxy) is 3. The zero-order valence-electron chi connectivity index (χ0n) is 11.2. The molecular weight excluding hydrogens is 218 g/mol. The zero-order chi connectivity index (χ0) is 12.3. The first-order valence-electron chi connectivity index (χ1n) is 6.88. The number of likely N-dealkylation sites (N-methyl/N-ethyl adjacent to an activating group) is 1. The Kier molecular flexibility index (Phi) is 8.61. The van der Waals surface area contributed by atoms with Crippen LogP contribution in [-0.2, 0) is 14.2 Å². The molecule has 1 aliphatic rings. The third-order valence-electron chi connectivity index (χ3n) is 2.84. The first kappa shape index (κ1) is 14.9. The van der Waals surface area contributed by atoms with E-state index in [0.29, 0.717) is 25.9 Å². The molecule has 0 aromatic rings. The minimum atomic E-state index is 0.282. The minimum Gasteiger partial charge on any atom is -0.379 e. The Labute approximate surface area is 105 Å². The molecule has 4 heteroatoms. The SMILES string of the molecule is CCCOCCOCC1CCC(CNCC)O1. The van der Waals surface area contributed by atoms with E-state index in [1.165, 1.54) is 0 Å². The Bertz CT molecular complexity index is 178. The minimum absolute atomic E-state index is 0.282. The average molecular weight is 245 g/mol. The van der Waals surface area contributed by atoms with E-state index in [1.54, 1.807) is 0 Å². The van der Waals surface area contributed by atoms with E-state index in [9.17, 15) is 0 Å². The molecule has 1 N–H and O–H groups in total. The molecule has 1 heterocycles. The van der Waals surface area contributed by atoms with Crippen LogP contribution in [0.5, 0.6) is 0 Å². The fraction of sp³-hybridized carbons (Fsp3) is 1.00. The topological polar surface area (TPSA) is 39.7 Å². The van der Waals surface area contributed by atoms with Gasteiger partial charge in [0.2, 0.25) is 0 Å². The van der Waals surface area contributed by atoms with Crippen LogP contribution < -0.4 is 5.32 Å². The van der Waals surface area contributed by atoms with Crippen molar-refractivity contribution in [3.63, 3.8) is 0 Å². The summed E-state index contributed by atoms with van der Waals surface area (Å²) in [4.78, 5) is 0. The lowest BCUT2D eigenvalue weighted by Gasteiger charge is -2.14. The summed E-state index contributed by atoms with van der Waals surface area (Å²) in [5.41, 5.74) is 0. The van der Waals surface area contributed by atoms with Crippen LogP contribution in [0, 0.1) is 0 Å². The van der Waals surface area contributed by atoms with E-state index in [2.05, 4.69) is 19.2 Å². The predicted molar refractivity (Wildman–Crippen MR) is 68.4 cm³/mol. The molecule has 102 valence electrons. The van der Waals surface area contributed by atoms with Gasteiger partial charge in [-0.3, -0.25) is 0 Å². The van der Waals surface area contributed by atoms with Gasteiger partial charge in [-0.2, -0.15) is 0 Å². The lowest BCUT2D eigenvalue weighted by atomic mass is 10.2. The molecule has 0 amide bonds. The Morgan fingerprint density at radius 3 is 2.59 bits per heavy atom. The van der Waals surface area contributed by atoms with Gasteiger partial charge in [-0.15, -0.1) is 0 Å². The second kappa shape index (κ2) is 9.83. The van der Waals surface area contributed by atoms with Crippen molar-refractivity contribution >= 4 is 0 Å². The van der Waals surface area contributed by atoms with Crippen LogP contribution in [0.3, 0.4) is 0 Å². The van der Waals surface area contributed by atoms with Crippen LogP contribution >= 0.6 is 0 Å². The molecule has 0 aromatic heterocycles. The van der Waals surface area contributed by atoms with Gasteiger partial charge in [0.05, 0.1) is 32.0 Å². The van der Waals surface area contributed by atoms with E-state index < -0.39 is 0 Å². The fourth-order valence-electron chi connectivity index (χ4n) is 1.94. The maximum absolute atomic E-state index is 5.86. The molecule has 2 atom stereocenters. The number of nitrogens with one attached hydrogen (secondary N) is 1.